The molecule has 0 aliphatic carbocycles. The number of rotatable bonds is 4. The van der Waals surface area contributed by atoms with E-state index >= 15 is 0 Å². The van der Waals surface area contributed by atoms with E-state index in [2.05, 4.69) is 10.4 Å². The largest absolute Gasteiger partial charge is 0.457 e. The van der Waals surface area contributed by atoms with Gasteiger partial charge in [-0.25, -0.2) is 0 Å². The molecule has 0 fully saturated rings. The van der Waals surface area contributed by atoms with E-state index < -0.39 is 0 Å². The van der Waals surface area contributed by atoms with Crippen LogP contribution in [0.1, 0.15) is 36.3 Å². The number of nitrogens with zero attached hydrogens (tertiary/aromatic N) is 1. The molecule has 0 radical (unpaired) electrons. The molecule has 1 atom stereocenters. The molecular formula is C21H21N3O3S. The van der Waals surface area contributed by atoms with E-state index in [9.17, 15) is 9.59 Å². The highest BCUT2D eigenvalue weighted by molar-refractivity contribution is 8.00. The van der Waals surface area contributed by atoms with Crippen molar-refractivity contribution in [3.8, 4) is 11.5 Å². The summed E-state index contributed by atoms with van der Waals surface area (Å²) in [5.41, 5.74) is 1.31. The number of nitrogens with one attached hydrogen (secondary N) is 2. The van der Waals surface area contributed by atoms with E-state index in [-0.39, 0.29) is 28.5 Å². The van der Waals surface area contributed by atoms with Gasteiger partial charge in [0.15, 0.2) is 0 Å². The number of thioether (sulfide) groups is 1. The van der Waals surface area contributed by atoms with Gasteiger partial charge in [-0.2, -0.15) is 0 Å². The maximum absolute atomic E-state index is 12.7. The molecule has 0 spiro atoms. The van der Waals surface area contributed by atoms with Crippen LogP contribution in [0.15, 0.2) is 59.4 Å². The normalized spacial score (nSPS) is 16.4. The highest BCUT2D eigenvalue weighted by Gasteiger charge is 2.31. The van der Waals surface area contributed by atoms with Gasteiger partial charge in [0.2, 0.25) is 5.91 Å². The fourth-order valence-electron chi connectivity index (χ4n) is 3.26. The maximum Gasteiger partial charge on any atom is 0.270 e. The lowest BCUT2D eigenvalue weighted by atomic mass is 10.1. The summed E-state index contributed by atoms with van der Waals surface area (Å²) in [5, 5.41) is 5.48. The van der Waals surface area contributed by atoms with Gasteiger partial charge in [0.25, 0.3) is 5.56 Å². The number of para-hydroxylation sites is 1. The number of hydrogen-bond donors (Lipinski definition) is 2. The van der Waals surface area contributed by atoms with Crippen molar-refractivity contribution in [3.63, 3.8) is 0 Å². The first-order valence-electron chi connectivity index (χ1n) is 9.11. The zero-order chi connectivity index (χ0) is 19.7. The van der Waals surface area contributed by atoms with Crippen LogP contribution in [0, 0.1) is 0 Å². The molecule has 1 aromatic heterocycles. The van der Waals surface area contributed by atoms with E-state index in [1.165, 1.54) is 11.8 Å². The average Bonchev–Trinajstić information content (AvgIpc) is 2.89. The number of fused-ring (bicyclic) bond motifs is 1. The first-order chi connectivity index (χ1) is 13.5. The average molecular weight is 395 g/mol. The van der Waals surface area contributed by atoms with Crippen LogP contribution >= 0.6 is 11.8 Å². The third-order valence-electron chi connectivity index (χ3n) is 4.52. The fraction of sp³-hybridized carbons (Fsp3) is 0.238. The van der Waals surface area contributed by atoms with Crippen LogP contribution in [0.25, 0.3) is 0 Å². The summed E-state index contributed by atoms with van der Waals surface area (Å²) in [6, 6.07) is 17.2. The Labute approximate surface area is 166 Å². The number of aromatic nitrogens is 2. The van der Waals surface area contributed by atoms with Crippen LogP contribution in [0.3, 0.4) is 0 Å². The van der Waals surface area contributed by atoms with Gasteiger partial charge in [0.05, 0.1) is 16.6 Å². The van der Waals surface area contributed by atoms with Crippen molar-refractivity contribution in [1.29, 1.82) is 0 Å². The van der Waals surface area contributed by atoms with Crippen molar-refractivity contribution in [2.75, 3.05) is 11.1 Å². The van der Waals surface area contributed by atoms with Gasteiger partial charge in [-0.15, -0.1) is 11.8 Å². The fourth-order valence-corrected chi connectivity index (χ4v) is 4.37. The quantitative estimate of drug-likeness (QED) is 0.690. The van der Waals surface area contributed by atoms with Crippen LogP contribution in [-0.2, 0) is 4.79 Å². The molecule has 1 aliphatic rings. The predicted octanol–water partition coefficient (Wildman–Crippen LogP) is 4.32. The third kappa shape index (κ3) is 3.57. The van der Waals surface area contributed by atoms with Gasteiger partial charge in [-0.3, -0.25) is 19.4 Å². The topological polar surface area (TPSA) is 76.1 Å². The molecule has 28 heavy (non-hydrogen) atoms. The summed E-state index contributed by atoms with van der Waals surface area (Å²) in [6.45, 7) is 3.92. The summed E-state index contributed by atoms with van der Waals surface area (Å²) in [6.07, 6.45) is 0. The molecule has 6 nitrogen and oxygen atoms in total. The Hall–Kier alpha value is -2.93. The number of aromatic amines is 1. The molecule has 7 heteroatoms. The number of hydrogen-bond acceptors (Lipinski definition) is 4. The van der Waals surface area contributed by atoms with Gasteiger partial charge in [-0.1, -0.05) is 30.3 Å². The van der Waals surface area contributed by atoms with Crippen molar-refractivity contribution in [2.45, 2.75) is 25.1 Å². The third-order valence-corrected chi connectivity index (χ3v) is 5.79. The van der Waals surface area contributed by atoms with E-state index in [0.717, 1.165) is 11.3 Å². The number of carbonyl (C=O) groups is 1. The van der Waals surface area contributed by atoms with E-state index in [1.807, 2.05) is 68.4 Å². The standard InChI is InChI=1S/C21H21N3O3S/c1-13(2)24-20-18(21(26)23-24)19(28-12-17(25)22-20)14-7-6-10-16(11-14)27-15-8-4-3-5-9-15/h3-11,13,19H,12H2,1-2H3,(H,22,25)(H,23,26). The SMILES string of the molecule is CC(C)n1[nH]c(=O)c2c1NC(=O)CSC2c1cccc(Oc2ccccc2)c1. The van der Waals surface area contributed by atoms with Crippen LogP contribution in [0.4, 0.5) is 5.82 Å². The second kappa shape index (κ2) is 7.59. The molecular weight excluding hydrogens is 374 g/mol. The Morgan fingerprint density at radius 2 is 1.82 bits per heavy atom. The zero-order valence-corrected chi connectivity index (χ0v) is 16.5. The summed E-state index contributed by atoms with van der Waals surface area (Å²) in [7, 11) is 0. The highest BCUT2D eigenvalue weighted by Crippen LogP contribution is 2.41. The molecule has 2 aromatic carbocycles. The Balaban J connectivity index is 1.75. The van der Waals surface area contributed by atoms with Crippen molar-refractivity contribution >= 4 is 23.5 Å². The Bertz CT molecular complexity index is 1060. The molecule has 2 N–H and O–H groups in total. The molecule has 0 bridgehead atoms. The first-order valence-corrected chi connectivity index (χ1v) is 10.2. The number of amides is 1. The van der Waals surface area contributed by atoms with Gasteiger partial charge in [0.1, 0.15) is 17.3 Å². The maximum atomic E-state index is 12.7. The number of ether oxygens (including phenoxy) is 1. The van der Waals surface area contributed by atoms with Crippen LogP contribution in [0.5, 0.6) is 11.5 Å². The highest BCUT2D eigenvalue weighted by atomic mass is 32.2. The molecule has 0 saturated heterocycles. The Morgan fingerprint density at radius 1 is 1.07 bits per heavy atom. The van der Waals surface area contributed by atoms with E-state index in [1.54, 1.807) is 4.68 Å². The lowest BCUT2D eigenvalue weighted by molar-refractivity contribution is -0.113. The number of carbonyl (C=O) groups excluding carboxylic acids is 1. The second-order valence-electron chi connectivity index (χ2n) is 6.89. The molecule has 144 valence electrons. The lowest BCUT2D eigenvalue weighted by Gasteiger charge is -2.16. The summed E-state index contributed by atoms with van der Waals surface area (Å²) >= 11 is 1.44. The molecule has 1 unspecified atom stereocenters. The van der Waals surface area contributed by atoms with E-state index in [0.29, 0.717) is 17.1 Å². The minimum Gasteiger partial charge on any atom is -0.457 e. The Kier molecular flexibility index (Phi) is 5.00. The van der Waals surface area contributed by atoms with Crippen molar-refractivity contribution < 1.29 is 9.53 Å². The summed E-state index contributed by atoms with van der Waals surface area (Å²) in [4.78, 5) is 25.0. The monoisotopic (exact) mass is 395 g/mol. The number of benzene rings is 2. The lowest BCUT2D eigenvalue weighted by Crippen LogP contribution is -2.17. The minimum absolute atomic E-state index is 0.0215. The Morgan fingerprint density at radius 3 is 2.57 bits per heavy atom. The van der Waals surface area contributed by atoms with Crippen LogP contribution in [-0.4, -0.2) is 21.4 Å². The van der Waals surface area contributed by atoms with Crippen LogP contribution < -0.4 is 15.6 Å². The summed E-state index contributed by atoms with van der Waals surface area (Å²) in [5.74, 6) is 2.15. The number of anilines is 1. The first kappa shape index (κ1) is 18.4. The van der Waals surface area contributed by atoms with Gasteiger partial charge in [0, 0.05) is 6.04 Å². The minimum atomic E-state index is -0.267. The molecule has 3 aromatic rings. The molecule has 0 saturated carbocycles. The van der Waals surface area contributed by atoms with Crippen molar-refractivity contribution in [2.24, 2.45) is 0 Å². The van der Waals surface area contributed by atoms with E-state index in [4.69, 9.17) is 4.74 Å². The zero-order valence-electron chi connectivity index (χ0n) is 15.6. The predicted molar refractivity (Wildman–Crippen MR) is 111 cm³/mol. The molecule has 4 rings (SSSR count). The van der Waals surface area contributed by atoms with Crippen molar-refractivity contribution in [1.82, 2.24) is 9.78 Å². The number of H-pyrrole nitrogens is 1. The molecule has 2 heterocycles. The summed E-state index contributed by atoms with van der Waals surface area (Å²) < 4.78 is 7.66. The van der Waals surface area contributed by atoms with Gasteiger partial charge >= 0.3 is 0 Å². The second-order valence-corrected chi connectivity index (χ2v) is 7.99. The van der Waals surface area contributed by atoms with Gasteiger partial charge in [-0.05, 0) is 43.7 Å². The smallest absolute Gasteiger partial charge is 0.270 e. The van der Waals surface area contributed by atoms with Crippen LogP contribution in [0.2, 0.25) is 0 Å². The molecule has 1 aliphatic heterocycles. The van der Waals surface area contributed by atoms with Gasteiger partial charge < -0.3 is 10.1 Å². The molecule has 1 amide bonds. The van der Waals surface area contributed by atoms with Crippen molar-refractivity contribution in [3.05, 3.63) is 76.1 Å².